The van der Waals surface area contributed by atoms with Crippen molar-refractivity contribution in [2.75, 3.05) is 13.2 Å². The zero-order valence-electron chi connectivity index (χ0n) is 8.51. The van der Waals surface area contributed by atoms with Crippen LogP contribution in [0.15, 0.2) is 23.3 Å². The Hall–Kier alpha value is -1.46. The maximum absolute atomic E-state index is 9.31. The summed E-state index contributed by atoms with van der Waals surface area (Å²) in [5.41, 5.74) is 0. The number of nitrogens with zero attached hydrogens (tertiary/aromatic N) is 2. The van der Waals surface area contributed by atoms with Gasteiger partial charge in [-0.15, -0.1) is 9.81 Å². The molecule has 0 heterocycles. The molecule has 14 heavy (non-hydrogen) atoms. The minimum Gasteiger partial charge on any atom is -0.364 e. The molecule has 82 valence electrons. The van der Waals surface area contributed by atoms with E-state index in [1.807, 2.05) is 0 Å². The summed E-state index contributed by atoms with van der Waals surface area (Å²) >= 11 is 0. The molecule has 0 aromatic rings. The first-order valence-electron chi connectivity index (χ1n) is 4.19. The minimum atomic E-state index is 0.198. The average Bonchev–Trinajstić information content (AvgIpc) is 2.16. The molecule has 0 rings (SSSR count). The van der Waals surface area contributed by atoms with E-state index in [1.165, 1.54) is 6.08 Å². The van der Waals surface area contributed by atoms with Crippen LogP contribution >= 0.6 is 0 Å². The molecular formula is C8H16N2O4. The molecule has 0 N–H and O–H groups in total. The summed E-state index contributed by atoms with van der Waals surface area (Å²) in [5, 5.41) is 4.36. The molecule has 6 heteroatoms. The Morgan fingerprint density at radius 2 is 1.86 bits per heavy atom. The standard InChI is InChI=1S/C5H11NO2.C3H5NO2/c1-5(2)3-4-8-6-7;1-2-3-6-4-5/h5H,3-4H2,1-2H3;2H,1,3H2. The Labute approximate surface area is 83.1 Å². The molecule has 0 atom stereocenters. The summed E-state index contributed by atoms with van der Waals surface area (Å²) in [7, 11) is 0. The van der Waals surface area contributed by atoms with Crippen LogP contribution in [0.4, 0.5) is 0 Å². The lowest BCUT2D eigenvalue weighted by Gasteiger charge is -1.98. The van der Waals surface area contributed by atoms with Crippen molar-refractivity contribution in [2.45, 2.75) is 20.3 Å². The van der Waals surface area contributed by atoms with E-state index in [0.717, 1.165) is 6.42 Å². The fourth-order valence-corrected chi connectivity index (χ4v) is 0.409. The fraction of sp³-hybridized carbons (Fsp3) is 0.750. The highest BCUT2D eigenvalue weighted by Gasteiger charge is 1.91. The molecule has 0 aromatic carbocycles. The van der Waals surface area contributed by atoms with Crippen molar-refractivity contribution in [2.24, 2.45) is 16.6 Å². The van der Waals surface area contributed by atoms with Gasteiger partial charge in [-0.3, -0.25) is 0 Å². The molecule has 0 unspecified atom stereocenters. The fourth-order valence-electron chi connectivity index (χ4n) is 0.409. The van der Waals surface area contributed by atoms with Crippen molar-refractivity contribution in [3.8, 4) is 0 Å². The van der Waals surface area contributed by atoms with Gasteiger partial charge in [0.25, 0.3) is 0 Å². The van der Waals surface area contributed by atoms with Gasteiger partial charge in [0, 0.05) is 0 Å². The minimum absolute atomic E-state index is 0.198. The summed E-state index contributed by atoms with van der Waals surface area (Å²) in [6.45, 7) is 8.05. The largest absolute Gasteiger partial charge is 0.364 e. The molecule has 6 nitrogen and oxygen atoms in total. The summed E-state index contributed by atoms with van der Waals surface area (Å²) < 4.78 is 0. The lowest BCUT2D eigenvalue weighted by atomic mass is 10.1. The van der Waals surface area contributed by atoms with E-state index in [0.29, 0.717) is 12.5 Å². The predicted octanol–water partition coefficient (Wildman–Crippen LogP) is 2.60. The van der Waals surface area contributed by atoms with Gasteiger partial charge >= 0.3 is 0 Å². The average molecular weight is 204 g/mol. The maximum Gasteiger partial charge on any atom is 0.155 e. The Bertz CT molecular complexity index is 142. The summed E-state index contributed by atoms with van der Waals surface area (Å²) in [5.74, 6) is 0.580. The number of rotatable bonds is 7. The van der Waals surface area contributed by atoms with Gasteiger partial charge in [-0.05, 0) is 12.3 Å². The Morgan fingerprint density at radius 3 is 2.14 bits per heavy atom. The van der Waals surface area contributed by atoms with Gasteiger partial charge in [0.1, 0.15) is 13.2 Å². The van der Waals surface area contributed by atoms with Crippen LogP contribution in [0.3, 0.4) is 0 Å². The number of hydrogen-bond acceptors (Lipinski definition) is 6. The summed E-state index contributed by atoms with van der Waals surface area (Å²) in [6.07, 6.45) is 2.34. The quantitative estimate of drug-likeness (QED) is 0.276. The van der Waals surface area contributed by atoms with Crippen LogP contribution < -0.4 is 0 Å². The molecule has 0 fully saturated rings. The SMILES string of the molecule is C=CCON=O.CC(C)CCON=O. The third-order valence-electron chi connectivity index (χ3n) is 1.08. The van der Waals surface area contributed by atoms with Crippen molar-refractivity contribution in [3.05, 3.63) is 22.5 Å². The highest BCUT2D eigenvalue weighted by atomic mass is 16.7. The lowest BCUT2D eigenvalue weighted by Crippen LogP contribution is -1.93. The highest BCUT2D eigenvalue weighted by molar-refractivity contribution is 4.62. The van der Waals surface area contributed by atoms with Crippen molar-refractivity contribution in [1.29, 1.82) is 0 Å². The van der Waals surface area contributed by atoms with Gasteiger partial charge in [-0.1, -0.05) is 26.5 Å². The van der Waals surface area contributed by atoms with Crippen molar-refractivity contribution in [3.63, 3.8) is 0 Å². The van der Waals surface area contributed by atoms with E-state index < -0.39 is 0 Å². The molecule has 0 aliphatic heterocycles. The van der Waals surface area contributed by atoms with Gasteiger partial charge in [-0.25, -0.2) is 0 Å². The molecule has 0 bridgehead atoms. The summed E-state index contributed by atoms with van der Waals surface area (Å²) in [4.78, 5) is 26.5. The van der Waals surface area contributed by atoms with Crippen molar-refractivity contribution in [1.82, 2.24) is 0 Å². The van der Waals surface area contributed by atoms with E-state index in [4.69, 9.17) is 4.91 Å². The number of hydrogen-bond donors (Lipinski definition) is 0. The topological polar surface area (TPSA) is 77.3 Å². The second-order valence-corrected chi connectivity index (χ2v) is 2.75. The smallest absolute Gasteiger partial charge is 0.155 e. The molecule has 0 aliphatic rings. The molecular weight excluding hydrogens is 188 g/mol. The lowest BCUT2D eigenvalue weighted by molar-refractivity contribution is 0.128. The van der Waals surface area contributed by atoms with Crippen molar-refractivity contribution >= 4 is 0 Å². The van der Waals surface area contributed by atoms with Crippen LogP contribution in [-0.4, -0.2) is 13.2 Å². The zero-order chi connectivity index (χ0) is 11.2. The van der Waals surface area contributed by atoms with Gasteiger partial charge in [0.2, 0.25) is 0 Å². The van der Waals surface area contributed by atoms with E-state index in [9.17, 15) is 4.91 Å². The Kier molecular flexibility index (Phi) is 15.1. The molecule has 0 amide bonds. The monoisotopic (exact) mass is 204 g/mol. The molecule has 0 radical (unpaired) electrons. The van der Waals surface area contributed by atoms with E-state index >= 15 is 0 Å². The second-order valence-electron chi connectivity index (χ2n) is 2.75. The Morgan fingerprint density at radius 1 is 1.29 bits per heavy atom. The van der Waals surface area contributed by atoms with E-state index in [1.54, 1.807) is 0 Å². The first-order chi connectivity index (χ1) is 6.68. The molecule has 0 saturated carbocycles. The second kappa shape index (κ2) is 14.1. The van der Waals surface area contributed by atoms with Crippen LogP contribution in [0.5, 0.6) is 0 Å². The molecule has 0 saturated heterocycles. The predicted molar refractivity (Wildman–Crippen MR) is 53.1 cm³/mol. The first kappa shape index (κ1) is 15.0. The van der Waals surface area contributed by atoms with Crippen LogP contribution in [0, 0.1) is 15.7 Å². The van der Waals surface area contributed by atoms with Gasteiger partial charge in [-0.2, -0.15) is 0 Å². The first-order valence-corrected chi connectivity index (χ1v) is 4.19. The van der Waals surface area contributed by atoms with Crippen LogP contribution in [-0.2, 0) is 9.68 Å². The third kappa shape index (κ3) is 22.4. The molecule has 0 spiro atoms. The van der Waals surface area contributed by atoms with Crippen LogP contribution in [0.1, 0.15) is 20.3 Å². The van der Waals surface area contributed by atoms with E-state index in [2.05, 4.69) is 40.8 Å². The highest BCUT2D eigenvalue weighted by Crippen LogP contribution is 1.98. The molecule has 0 aliphatic carbocycles. The van der Waals surface area contributed by atoms with Gasteiger partial charge < -0.3 is 9.68 Å². The summed E-state index contributed by atoms with van der Waals surface area (Å²) in [6, 6.07) is 0. The third-order valence-corrected chi connectivity index (χ3v) is 1.08. The zero-order valence-corrected chi connectivity index (χ0v) is 8.51. The van der Waals surface area contributed by atoms with Gasteiger partial charge in [0.15, 0.2) is 10.7 Å². The Balaban J connectivity index is 0. The van der Waals surface area contributed by atoms with Crippen LogP contribution in [0.2, 0.25) is 0 Å². The van der Waals surface area contributed by atoms with E-state index in [-0.39, 0.29) is 6.61 Å². The molecule has 0 aromatic heterocycles. The normalized spacial score (nSPS) is 8.21. The van der Waals surface area contributed by atoms with Crippen LogP contribution in [0.25, 0.3) is 0 Å². The maximum atomic E-state index is 9.31. The van der Waals surface area contributed by atoms with Crippen molar-refractivity contribution < 1.29 is 9.68 Å². The van der Waals surface area contributed by atoms with Gasteiger partial charge in [0.05, 0.1) is 0 Å².